The third-order valence-electron chi connectivity index (χ3n) is 3.31. The van der Waals surface area contributed by atoms with Gasteiger partial charge in [-0.15, -0.1) is 0 Å². The van der Waals surface area contributed by atoms with Gasteiger partial charge < -0.3 is 5.73 Å². The van der Waals surface area contributed by atoms with Crippen LogP contribution in [0.3, 0.4) is 0 Å². The van der Waals surface area contributed by atoms with Crippen LogP contribution in [0.4, 0.5) is 0 Å². The molecule has 2 rings (SSSR count). The van der Waals surface area contributed by atoms with Gasteiger partial charge in [0.25, 0.3) is 0 Å². The van der Waals surface area contributed by atoms with E-state index in [9.17, 15) is 8.42 Å². The van der Waals surface area contributed by atoms with Crippen LogP contribution in [-0.2, 0) is 10.0 Å². The van der Waals surface area contributed by atoms with Crippen LogP contribution in [0.15, 0.2) is 23.1 Å². The molecule has 0 amide bonds. The van der Waals surface area contributed by atoms with E-state index in [1.54, 1.807) is 12.1 Å². The van der Waals surface area contributed by atoms with Gasteiger partial charge in [0, 0.05) is 39.3 Å². The van der Waals surface area contributed by atoms with E-state index in [-0.39, 0.29) is 14.9 Å². The minimum atomic E-state index is -3.59. The van der Waals surface area contributed by atoms with E-state index in [0.717, 1.165) is 6.54 Å². The van der Waals surface area contributed by atoms with Crippen LogP contribution in [0.1, 0.15) is 0 Å². The lowest BCUT2D eigenvalue weighted by molar-refractivity contribution is 0.192. The van der Waals surface area contributed by atoms with E-state index < -0.39 is 10.0 Å². The summed E-state index contributed by atoms with van der Waals surface area (Å²) in [5, 5.41) is 0.327. The van der Waals surface area contributed by atoms with Crippen molar-refractivity contribution in [2.45, 2.75) is 4.90 Å². The van der Waals surface area contributed by atoms with Crippen molar-refractivity contribution in [1.29, 1.82) is 0 Å². The summed E-state index contributed by atoms with van der Waals surface area (Å²) >= 11 is 11.9. The van der Waals surface area contributed by atoms with E-state index in [4.69, 9.17) is 28.9 Å². The molecule has 1 fully saturated rings. The van der Waals surface area contributed by atoms with Crippen molar-refractivity contribution in [3.05, 3.63) is 28.2 Å². The third kappa shape index (κ3) is 3.27. The Hall–Kier alpha value is -0.370. The molecule has 0 radical (unpaired) electrons. The predicted molar refractivity (Wildman–Crippen MR) is 80.7 cm³/mol. The summed E-state index contributed by atoms with van der Waals surface area (Å²) in [6.07, 6.45) is 0. The van der Waals surface area contributed by atoms with Crippen molar-refractivity contribution in [3.63, 3.8) is 0 Å². The number of rotatable bonds is 4. The Balaban J connectivity index is 2.18. The lowest BCUT2D eigenvalue weighted by Crippen LogP contribution is -2.49. The molecule has 0 atom stereocenters. The minimum Gasteiger partial charge on any atom is -0.329 e. The van der Waals surface area contributed by atoms with E-state index in [1.165, 1.54) is 10.4 Å². The Labute approximate surface area is 129 Å². The molecule has 1 aliphatic heterocycles. The maximum Gasteiger partial charge on any atom is 0.244 e. The molecule has 5 nitrogen and oxygen atoms in total. The molecule has 1 saturated heterocycles. The molecule has 0 saturated carbocycles. The first-order chi connectivity index (χ1) is 9.46. The Bertz CT molecular complexity index is 572. The highest BCUT2D eigenvalue weighted by Gasteiger charge is 2.30. The lowest BCUT2D eigenvalue weighted by atomic mass is 10.3. The summed E-state index contributed by atoms with van der Waals surface area (Å²) in [6.45, 7) is 3.58. The van der Waals surface area contributed by atoms with Crippen LogP contribution in [0, 0.1) is 0 Å². The summed E-state index contributed by atoms with van der Waals surface area (Å²) < 4.78 is 26.6. The molecule has 2 N–H and O–H groups in total. The fraction of sp³-hybridized carbons (Fsp3) is 0.500. The standard InChI is InChI=1S/C12H17Cl2N3O2S/c13-10-2-1-3-11(12(10)14)20(18,19)17-8-6-16(5-4-15)7-9-17/h1-3H,4-9,15H2. The van der Waals surface area contributed by atoms with E-state index >= 15 is 0 Å². The average molecular weight is 338 g/mol. The van der Waals surface area contributed by atoms with Gasteiger partial charge in [-0.1, -0.05) is 29.3 Å². The number of nitrogens with zero attached hydrogens (tertiary/aromatic N) is 2. The fourth-order valence-electron chi connectivity index (χ4n) is 2.20. The maximum atomic E-state index is 12.6. The lowest BCUT2D eigenvalue weighted by Gasteiger charge is -2.33. The van der Waals surface area contributed by atoms with Gasteiger partial charge in [0.05, 0.1) is 10.0 Å². The molecule has 1 aromatic carbocycles. The number of halogens is 2. The first kappa shape index (κ1) is 16.0. The van der Waals surface area contributed by atoms with Crippen molar-refractivity contribution >= 4 is 33.2 Å². The van der Waals surface area contributed by atoms with Crippen LogP contribution < -0.4 is 5.73 Å². The summed E-state index contributed by atoms with van der Waals surface area (Å²) in [5.41, 5.74) is 5.50. The fourth-order valence-corrected chi connectivity index (χ4v) is 4.36. The molecule has 0 aliphatic carbocycles. The van der Waals surface area contributed by atoms with Crippen molar-refractivity contribution < 1.29 is 8.42 Å². The second-order valence-corrected chi connectivity index (χ2v) is 7.28. The number of piperazine rings is 1. The smallest absolute Gasteiger partial charge is 0.244 e. The van der Waals surface area contributed by atoms with E-state index in [1.807, 2.05) is 0 Å². The highest BCUT2D eigenvalue weighted by atomic mass is 35.5. The minimum absolute atomic E-state index is 0.0685. The van der Waals surface area contributed by atoms with Gasteiger partial charge in [-0.25, -0.2) is 8.42 Å². The van der Waals surface area contributed by atoms with E-state index in [2.05, 4.69) is 4.90 Å². The Kier molecular flexibility index (Phi) is 5.28. The van der Waals surface area contributed by atoms with Gasteiger partial charge in [-0.05, 0) is 12.1 Å². The van der Waals surface area contributed by atoms with Gasteiger partial charge in [-0.3, -0.25) is 4.90 Å². The zero-order valence-corrected chi connectivity index (χ0v) is 13.3. The quantitative estimate of drug-likeness (QED) is 0.898. The first-order valence-electron chi connectivity index (χ1n) is 6.33. The van der Waals surface area contributed by atoms with E-state index in [0.29, 0.717) is 32.7 Å². The second kappa shape index (κ2) is 6.60. The molecule has 8 heteroatoms. The molecule has 0 unspecified atom stereocenters. The number of sulfonamides is 1. The Morgan fingerprint density at radius 3 is 2.40 bits per heavy atom. The largest absolute Gasteiger partial charge is 0.329 e. The first-order valence-corrected chi connectivity index (χ1v) is 8.53. The Morgan fingerprint density at radius 1 is 1.15 bits per heavy atom. The Morgan fingerprint density at radius 2 is 1.80 bits per heavy atom. The third-order valence-corrected chi connectivity index (χ3v) is 6.18. The van der Waals surface area contributed by atoms with Crippen molar-refractivity contribution in [3.8, 4) is 0 Å². The summed E-state index contributed by atoms with van der Waals surface area (Å²) in [7, 11) is -3.59. The van der Waals surface area contributed by atoms with Gasteiger partial charge >= 0.3 is 0 Å². The number of hydrogen-bond donors (Lipinski definition) is 1. The predicted octanol–water partition coefficient (Wildman–Crippen LogP) is 1.26. The zero-order valence-electron chi connectivity index (χ0n) is 10.9. The highest BCUT2D eigenvalue weighted by molar-refractivity contribution is 7.89. The zero-order chi connectivity index (χ0) is 14.8. The highest BCUT2D eigenvalue weighted by Crippen LogP contribution is 2.31. The van der Waals surface area contributed by atoms with Crippen LogP contribution in [0.2, 0.25) is 10.0 Å². The molecule has 112 valence electrons. The SMILES string of the molecule is NCCN1CCN(S(=O)(=O)c2cccc(Cl)c2Cl)CC1. The van der Waals surface area contributed by atoms with Crippen molar-refractivity contribution in [2.75, 3.05) is 39.3 Å². The number of benzene rings is 1. The normalized spacial score (nSPS) is 18.4. The van der Waals surface area contributed by atoms with Crippen LogP contribution >= 0.6 is 23.2 Å². The second-order valence-electron chi connectivity index (χ2n) is 4.59. The van der Waals surface area contributed by atoms with Gasteiger partial charge in [0.2, 0.25) is 10.0 Å². The van der Waals surface area contributed by atoms with Gasteiger partial charge in [0.1, 0.15) is 4.90 Å². The molecule has 0 spiro atoms. The maximum absolute atomic E-state index is 12.6. The van der Waals surface area contributed by atoms with Crippen molar-refractivity contribution in [2.24, 2.45) is 5.73 Å². The molecule has 1 aromatic rings. The van der Waals surface area contributed by atoms with Crippen molar-refractivity contribution in [1.82, 2.24) is 9.21 Å². The molecular formula is C12H17Cl2N3O2S. The molecule has 1 heterocycles. The molecule has 1 aliphatic rings. The van der Waals surface area contributed by atoms with Gasteiger partial charge in [0.15, 0.2) is 0 Å². The number of nitrogens with two attached hydrogens (primary N) is 1. The van der Waals surface area contributed by atoms with Crippen LogP contribution in [0.25, 0.3) is 0 Å². The monoisotopic (exact) mass is 337 g/mol. The molecule has 0 bridgehead atoms. The summed E-state index contributed by atoms with van der Waals surface area (Å²) in [4.78, 5) is 2.21. The van der Waals surface area contributed by atoms with Crippen LogP contribution in [0.5, 0.6) is 0 Å². The van der Waals surface area contributed by atoms with Crippen LogP contribution in [-0.4, -0.2) is 56.9 Å². The average Bonchev–Trinajstić information content (AvgIpc) is 2.42. The van der Waals surface area contributed by atoms with Gasteiger partial charge in [-0.2, -0.15) is 4.31 Å². The summed E-state index contributed by atoms with van der Waals surface area (Å²) in [6, 6.07) is 4.64. The summed E-state index contributed by atoms with van der Waals surface area (Å²) in [5.74, 6) is 0. The molecule has 20 heavy (non-hydrogen) atoms. The topological polar surface area (TPSA) is 66.6 Å². The molecule has 0 aromatic heterocycles. The molecular weight excluding hydrogens is 321 g/mol. The number of hydrogen-bond acceptors (Lipinski definition) is 4.